The Hall–Kier alpha value is -2.43. The molecule has 2 aromatic heterocycles. The fourth-order valence-corrected chi connectivity index (χ4v) is 1.53. The molecule has 2 rings (SSSR count). The largest absolute Gasteiger partial charge is 0.483 e. The summed E-state index contributed by atoms with van der Waals surface area (Å²) in [4.78, 5) is 12.5. The van der Waals surface area contributed by atoms with Gasteiger partial charge >= 0.3 is 0 Å². The number of aromatic nitrogens is 2. The summed E-state index contributed by atoms with van der Waals surface area (Å²) in [5.41, 5.74) is 2.77. The molecule has 0 radical (unpaired) electrons. The van der Waals surface area contributed by atoms with E-state index in [0.29, 0.717) is 11.6 Å². The summed E-state index contributed by atoms with van der Waals surface area (Å²) in [5, 5.41) is 0. The minimum Gasteiger partial charge on any atom is -0.483 e. The molecule has 0 spiro atoms. The Bertz CT molecular complexity index is 568. The SMILES string of the molecule is C=C(C=Nc1c(C)ccnc1C)OCc1ncco1. The van der Waals surface area contributed by atoms with Crippen LogP contribution in [0.4, 0.5) is 5.69 Å². The van der Waals surface area contributed by atoms with Crippen molar-refractivity contribution in [3.05, 3.63) is 54.2 Å². The monoisotopic (exact) mass is 257 g/mol. The molecule has 2 heterocycles. The van der Waals surface area contributed by atoms with Crippen LogP contribution in [-0.4, -0.2) is 16.2 Å². The first-order chi connectivity index (χ1) is 9.16. The van der Waals surface area contributed by atoms with Gasteiger partial charge in [-0.3, -0.25) is 9.98 Å². The van der Waals surface area contributed by atoms with E-state index in [9.17, 15) is 0 Å². The molecule has 0 unspecified atom stereocenters. The highest BCUT2D eigenvalue weighted by Crippen LogP contribution is 2.20. The third-order valence-corrected chi connectivity index (χ3v) is 2.51. The molecule has 0 atom stereocenters. The number of aryl methyl sites for hydroxylation is 2. The molecule has 98 valence electrons. The number of pyridine rings is 1. The van der Waals surface area contributed by atoms with E-state index < -0.39 is 0 Å². The molecule has 0 aromatic carbocycles. The average molecular weight is 257 g/mol. The maximum atomic E-state index is 5.37. The van der Waals surface area contributed by atoms with Gasteiger partial charge in [0.1, 0.15) is 12.0 Å². The van der Waals surface area contributed by atoms with Gasteiger partial charge in [-0.05, 0) is 25.5 Å². The summed E-state index contributed by atoms with van der Waals surface area (Å²) in [5.74, 6) is 0.948. The van der Waals surface area contributed by atoms with Crippen LogP contribution in [0.5, 0.6) is 0 Å². The number of rotatable bonds is 5. The molecule has 0 saturated heterocycles. The predicted octanol–water partition coefficient (Wildman–Crippen LogP) is 3.12. The molecule has 5 nitrogen and oxygen atoms in total. The van der Waals surface area contributed by atoms with E-state index in [1.807, 2.05) is 19.9 Å². The number of oxazole rings is 1. The normalized spacial score (nSPS) is 10.8. The fraction of sp³-hybridized carbons (Fsp3) is 0.214. The molecule has 0 saturated carbocycles. The van der Waals surface area contributed by atoms with E-state index in [1.165, 1.54) is 6.26 Å². The van der Waals surface area contributed by atoms with Gasteiger partial charge in [0.2, 0.25) is 5.89 Å². The number of ether oxygens (including phenoxy) is 1. The molecule has 0 fully saturated rings. The van der Waals surface area contributed by atoms with Crippen LogP contribution in [0.1, 0.15) is 17.1 Å². The molecular weight excluding hydrogens is 242 g/mol. The zero-order valence-corrected chi connectivity index (χ0v) is 11.0. The van der Waals surface area contributed by atoms with Gasteiger partial charge in [-0.1, -0.05) is 6.58 Å². The lowest BCUT2D eigenvalue weighted by atomic mass is 10.2. The number of nitrogens with zero attached hydrogens (tertiary/aromatic N) is 3. The van der Waals surface area contributed by atoms with Gasteiger partial charge in [0, 0.05) is 6.20 Å². The van der Waals surface area contributed by atoms with Crippen LogP contribution >= 0.6 is 0 Å². The molecule has 0 aliphatic carbocycles. The minimum atomic E-state index is 0.239. The van der Waals surface area contributed by atoms with Gasteiger partial charge in [-0.15, -0.1) is 0 Å². The van der Waals surface area contributed by atoms with E-state index in [1.54, 1.807) is 18.6 Å². The highest BCUT2D eigenvalue weighted by atomic mass is 16.5. The summed E-state index contributed by atoms with van der Waals surface area (Å²) in [6.07, 6.45) is 6.40. The molecular formula is C14H15N3O2. The molecule has 0 N–H and O–H groups in total. The van der Waals surface area contributed by atoms with Crippen molar-refractivity contribution in [3.63, 3.8) is 0 Å². The Kier molecular flexibility index (Phi) is 4.07. The lowest BCUT2D eigenvalue weighted by Gasteiger charge is -2.04. The standard InChI is InChI=1S/C14H15N3O2/c1-10-4-5-15-12(3)14(10)17-8-11(2)19-9-13-16-6-7-18-13/h4-8H,2,9H2,1,3H3. The van der Waals surface area contributed by atoms with Crippen LogP contribution in [0.15, 0.2) is 46.5 Å². The lowest BCUT2D eigenvalue weighted by molar-refractivity contribution is 0.191. The molecule has 2 aromatic rings. The van der Waals surface area contributed by atoms with Crippen molar-refractivity contribution in [3.8, 4) is 0 Å². The fourth-order valence-electron chi connectivity index (χ4n) is 1.53. The minimum absolute atomic E-state index is 0.239. The Morgan fingerprint density at radius 3 is 2.95 bits per heavy atom. The molecule has 5 heteroatoms. The maximum Gasteiger partial charge on any atom is 0.232 e. The van der Waals surface area contributed by atoms with Crippen molar-refractivity contribution in [2.75, 3.05) is 0 Å². The van der Waals surface area contributed by atoms with E-state index in [2.05, 4.69) is 21.5 Å². The number of aliphatic imine (C=N–C) groups is 1. The van der Waals surface area contributed by atoms with Gasteiger partial charge in [0.25, 0.3) is 0 Å². The predicted molar refractivity (Wildman–Crippen MR) is 72.3 cm³/mol. The van der Waals surface area contributed by atoms with Gasteiger partial charge in [-0.25, -0.2) is 4.98 Å². The summed E-state index contributed by atoms with van der Waals surface area (Å²) < 4.78 is 10.4. The quantitative estimate of drug-likeness (QED) is 0.610. The number of hydrogen-bond donors (Lipinski definition) is 0. The summed E-state index contributed by atoms with van der Waals surface area (Å²) in [7, 11) is 0. The molecule has 0 amide bonds. The Morgan fingerprint density at radius 2 is 2.26 bits per heavy atom. The topological polar surface area (TPSA) is 60.5 Å². The van der Waals surface area contributed by atoms with Crippen molar-refractivity contribution in [2.24, 2.45) is 4.99 Å². The summed E-state index contributed by atoms with van der Waals surface area (Å²) in [6, 6.07) is 1.91. The first kappa shape index (κ1) is 13.0. The summed E-state index contributed by atoms with van der Waals surface area (Å²) >= 11 is 0. The highest BCUT2D eigenvalue weighted by Gasteiger charge is 2.02. The smallest absolute Gasteiger partial charge is 0.232 e. The first-order valence-corrected chi connectivity index (χ1v) is 5.83. The van der Waals surface area contributed by atoms with Crippen molar-refractivity contribution in [1.29, 1.82) is 0 Å². The molecule has 0 aliphatic rings. The average Bonchev–Trinajstić information content (AvgIpc) is 2.89. The number of allylic oxidation sites excluding steroid dienone is 1. The van der Waals surface area contributed by atoms with Gasteiger partial charge in [0.05, 0.1) is 23.8 Å². The molecule has 19 heavy (non-hydrogen) atoms. The van der Waals surface area contributed by atoms with Gasteiger partial charge in [0.15, 0.2) is 6.61 Å². The van der Waals surface area contributed by atoms with Crippen molar-refractivity contribution < 1.29 is 9.15 Å². The maximum absolute atomic E-state index is 5.37. The molecule has 0 aliphatic heterocycles. The second kappa shape index (κ2) is 5.95. The third kappa shape index (κ3) is 3.51. The van der Waals surface area contributed by atoms with Crippen LogP contribution in [0.2, 0.25) is 0 Å². The third-order valence-electron chi connectivity index (χ3n) is 2.51. The van der Waals surface area contributed by atoms with Gasteiger partial charge in [-0.2, -0.15) is 0 Å². The first-order valence-electron chi connectivity index (χ1n) is 5.83. The van der Waals surface area contributed by atoms with E-state index in [0.717, 1.165) is 16.9 Å². The second-order valence-corrected chi connectivity index (χ2v) is 4.00. The highest BCUT2D eigenvalue weighted by molar-refractivity contribution is 5.78. The van der Waals surface area contributed by atoms with Crippen LogP contribution in [-0.2, 0) is 11.3 Å². The van der Waals surface area contributed by atoms with E-state index in [-0.39, 0.29) is 6.61 Å². The van der Waals surface area contributed by atoms with Crippen molar-refractivity contribution in [2.45, 2.75) is 20.5 Å². The van der Waals surface area contributed by atoms with Gasteiger partial charge < -0.3 is 9.15 Å². The Labute approximate surface area is 111 Å². The Balaban J connectivity index is 1.96. The van der Waals surface area contributed by atoms with Crippen molar-refractivity contribution in [1.82, 2.24) is 9.97 Å². The zero-order chi connectivity index (χ0) is 13.7. The van der Waals surface area contributed by atoms with Crippen LogP contribution in [0.25, 0.3) is 0 Å². The van der Waals surface area contributed by atoms with E-state index in [4.69, 9.17) is 9.15 Å². The van der Waals surface area contributed by atoms with Crippen LogP contribution in [0.3, 0.4) is 0 Å². The lowest BCUT2D eigenvalue weighted by Crippen LogP contribution is -1.94. The van der Waals surface area contributed by atoms with Crippen molar-refractivity contribution >= 4 is 11.9 Å². The van der Waals surface area contributed by atoms with E-state index >= 15 is 0 Å². The summed E-state index contributed by atoms with van der Waals surface area (Å²) in [6.45, 7) is 7.90. The second-order valence-electron chi connectivity index (χ2n) is 4.00. The van der Waals surface area contributed by atoms with Crippen LogP contribution in [0, 0.1) is 13.8 Å². The Morgan fingerprint density at radius 1 is 1.42 bits per heavy atom. The number of hydrogen-bond acceptors (Lipinski definition) is 5. The van der Waals surface area contributed by atoms with Crippen LogP contribution < -0.4 is 0 Å². The zero-order valence-electron chi connectivity index (χ0n) is 11.0. The molecule has 0 bridgehead atoms.